The first kappa shape index (κ1) is 18.6. The third kappa shape index (κ3) is 2.91. The predicted octanol–water partition coefficient (Wildman–Crippen LogP) is 7.18. The zero-order valence-electron chi connectivity index (χ0n) is 17.4. The second-order valence-electron chi connectivity index (χ2n) is 8.56. The summed E-state index contributed by atoms with van der Waals surface area (Å²) in [6.07, 6.45) is 9.88. The number of benzene rings is 3. The minimum absolute atomic E-state index is 0.154. The van der Waals surface area contributed by atoms with E-state index in [4.69, 9.17) is 0 Å². The molecule has 0 saturated heterocycles. The third-order valence-corrected chi connectivity index (χ3v) is 6.33. The van der Waals surface area contributed by atoms with Crippen molar-refractivity contribution in [2.75, 3.05) is 4.90 Å². The number of hydrogen-bond acceptors (Lipinski definition) is 2. The van der Waals surface area contributed by atoms with E-state index < -0.39 is 0 Å². The number of para-hydroxylation sites is 1. The molecular formula is C28H25NO. The highest BCUT2D eigenvalue weighted by Crippen LogP contribution is 2.50. The van der Waals surface area contributed by atoms with Crippen LogP contribution in [0.3, 0.4) is 0 Å². The molecule has 2 heteroatoms. The van der Waals surface area contributed by atoms with E-state index in [0.717, 1.165) is 36.1 Å². The van der Waals surface area contributed by atoms with Crippen molar-refractivity contribution in [1.29, 1.82) is 0 Å². The Labute approximate surface area is 178 Å². The lowest BCUT2D eigenvalue weighted by atomic mass is 9.82. The van der Waals surface area contributed by atoms with Gasteiger partial charge in [-0.2, -0.15) is 0 Å². The summed E-state index contributed by atoms with van der Waals surface area (Å²) in [4.78, 5) is 13.7. The lowest BCUT2D eigenvalue weighted by Crippen LogP contribution is -2.19. The summed E-state index contributed by atoms with van der Waals surface area (Å²) in [5, 5.41) is 0. The van der Waals surface area contributed by atoms with Crippen LogP contribution in [0.5, 0.6) is 0 Å². The van der Waals surface area contributed by atoms with Gasteiger partial charge in [-0.25, -0.2) is 0 Å². The minimum Gasteiger partial charge on any atom is -0.311 e. The summed E-state index contributed by atoms with van der Waals surface area (Å²) in [5.74, 6) is 0. The molecule has 5 rings (SSSR count). The van der Waals surface area contributed by atoms with Crippen molar-refractivity contribution in [3.8, 4) is 11.1 Å². The Bertz CT molecular complexity index is 1180. The number of anilines is 2. The van der Waals surface area contributed by atoms with Crippen LogP contribution < -0.4 is 4.90 Å². The maximum atomic E-state index is 11.3. The number of hydrogen-bond donors (Lipinski definition) is 0. The summed E-state index contributed by atoms with van der Waals surface area (Å²) in [7, 11) is 0. The molecule has 0 fully saturated rings. The molecule has 0 unspecified atom stereocenters. The van der Waals surface area contributed by atoms with E-state index in [-0.39, 0.29) is 5.41 Å². The predicted molar refractivity (Wildman–Crippen MR) is 124 cm³/mol. The van der Waals surface area contributed by atoms with Gasteiger partial charge in [0, 0.05) is 28.1 Å². The van der Waals surface area contributed by atoms with Gasteiger partial charge in [-0.05, 0) is 71.5 Å². The largest absolute Gasteiger partial charge is 0.311 e. The van der Waals surface area contributed by atoms with Crippen molar-refractivity contribution in [3.05, 3.63) is 107 Å². The van der Waals surface area contributed by atoms with E-state index in [1.807, 2.05) is 12.1 Å². The highest BCUT2D eigenvalue weighted by Gasteiger charge is 2.36. The zero-order chi connectivity index (χ0) is 20.7. The molecule has 0 saturated carbocycles. The molecule has 0 atom stereocenters. The monoisotopic (exact) mass is 391 g/mol. The molecule has 148 valence electrons. The van der Waals surface area contributed by atoms with Gasteiger partial charge >= 0.3 is 0 Å². The first-order chi connectivity index (χ1) is 14.6. The SMILES string of the molecule is CC1(C)c2cc(C=O)ccc2-c2ccc(N(C3=CCCC=C3)c3ccccc3)cc21. The van der Waals surface area contributed by atoms with E-state index in [1.165, 1.54) is 28.0 Å². The van der Waals surface area contributed by atoms with E-state index in [9.17, 15) is 4.79 Å². The van der Waals surface area contributed by atoms with Gasteiger partial charge in [-0.15, -0.1) is 0 Å². The lowest BCUT2D eigenvalue weighted by Gasteiger charge is -2.29. The maximum Gasteiger partial charge on any atom is 0.150 e. The average molecular weight is 392 g/mol. The second-order valence-corrected chi connectivity index (χ2v) is 8.56. The van der Waals surface area contributed by atoms with Crippen LogP contribution in [-0.2, 0) is 5.41 Å². The molecule has 2 nitrogen and oxygen atoms in total. The van der Waals surface area contributed by atoms with Gasteiger partial charge < -0.3 is 4.90 Å². The third-order valence-electron chi connectivity index (χ3n) is 6.33. The van der Waals surface area contributed by atoms with Crippen LogP contribution in [0.2, 0.25) is 0 Å². The normalized spacial score (nSPS) is 15.9. The molecule has 0 amide bonds. The van der Waals surface area contributed by atoms with Crippen molar-refractivity contribution in [2.24, 2.45) is 0 Å². The fourth-order valence-corrected chi connectivity index (χ4v) is 4.75. The molecule has 2 aliphatic carbocycles. The Morgan fingerprint density at radius 3 is 2.27 bits per heavy atom. The fraction of sp³-hybridized carbons (Fsp3) is 0.179. The molecule has 0 spiro atoms. The molecule has 0 heterocycles. The minimum atomic E-state index is -0.154. The van der Waals surface area contributed by atoms with E-state index in [1.54, 1.807) is 0 Å². The molecular weight excluding hydrogens is 366 g/mol. The number of allylic oxidation sites excluding steroid dienone is 3. The molecule has 3 aromatic rings. The maximum absolute atomic E-state index is 11.3. The van der Waals surface area contributed by atoms with E-state index >= 15 is 0 Å². The number of carbonyl (C=O) groups is 1. The molecule has 3 aromatic carbocycles. The van der Waals surface area contributed by atoms with E-state index in [2.05, 4.69) is 91.6 Å². The van der Waals surface area contributed by atoms with Gasteiger partial charge in [0.05, 0.1) is 0 Å². The smallest absolute Gasteiger partial charge is 0.150 e. The fourth-order valence-electron chi connectivity index (χ4n) is 4.75. The van der Waals surface area contributed by atoms with Crippen LogP contribution in [0.4, 0.5) is 11.4 Å². The van der Waals surface area contributed by atoms with E-state index in [0.29, 0.717) is 0 Å². The van der Waals surface area contributed by atoms with Crippen LogP contribution in [0.15, 0.2) is 90.7 Å². The Balaban J connectivity index is 1.66. The summed E-state index contributed by atoms with van der Waals surface area (Å²) >= 11 is 0. The second kappa shape index (κ2) is 7.14. The first-order valence-corrected chi connectivity index (χ1v) is 10.6. The quantitative estimate of drug-likeness (QED) is 0.439. The highest BCUT2D eigenvalue weighted by molar-refractivity contribution is 5.87. The molecule has 0 bridgehead atoms. The van der Waals surface area contributed by atoms with Gasteiger partial charge in [0.1, 0.15) is 6.29 Å². The van der Waals surface area contributed by atoms with Crippen LogP contribution in [0, 0.1) is 0 Å². The van der Waals surface area contributed by atoms with Gasteiger partial charge in [-0.3, -0.25) is 4.79 Å². The van der Waals surface area contributed by atoms with Crippen LogP contribution >= 0.6 is 0 Å². The zero-order valence-corrected chi connectivity index (χ0v) is 17.4. The van der Waals surface area contributed by atoms with Crippen molar-refractivity contribution in [3.63, 3.8) is 0 Å². The van der Waals surface area contributed by atoms with Crippen molar-refractivity contribution in [1.82, 2.24) is 0 Å². The number of aldehydes is 1. The number of nitrogens with zero attached hydrogens (tertiary/aromatic N) is 1. The van der Waals surface area contributed by atoms with Gasteiger partial charge in [0.2, 0.25) is 0 Å². The van der Waals surface area contributed by atoms with Crippen molar-refractivity contribution < 1.29 is 4.79 Å². The van der Waals surface area contributed by atoms with Crippen molar-refractivity contribution >= 4 is 17.7 Å². The molecule has 0 N–H and O–H groups in total. The Morgan fingerprint density at radius 1 is 0.833 bits per heavy atom. The Kier molecular flexibility index (Phi) is 4.43. The van der Waals surface area contributed by atoms with Crippen LogP contribution in [0.1, 0.15) is 48.2 Å². The number of carbonyl (C=O) groups excluding carboxylic acids is 1. The van der Waals surface area contributed by atoms with Crippen LogP contribution in [-0.4, -0.2) is 6.29 Å². The summed E-state index contributed by atoms with van der Waals surface area (Å²) in [5.41, 5.74) is 9.14. The summed E-state index contributed by atoms with van der Waals surface area (Å²) < 4.78 is 0. The topological polar surface area (TPSA) is 20.3 Å². The highest BCUT2D eigenvalue weighted by atomic mass is 16.1. The molecule has 0 aromatic heterocycles. The first-order valence-electron chi connectivity index (χ1n) is 10.6. The molecule has 0 radical (unpaired) electrons. The van der Waals surface area contributed by atoms with Crippen LogP contribution in [0.25, 0.3) is 11.1 Å². The van der Waals surface area contributed by atoms with Gasteiger partial charge in [-0.1, -0.05) is 62.4 Å². The number of rotatable bonds is 4. The molecule has 0 aliphatic heterocycles. The molecule has 30 heavy (non-hydrogen) atoms. The van der Waals surface area contributed by atoms with Gasteiger partial charge in [0.25, 0.3) is 0 Å². The van der Waals surface area contributed by atoms with Crippen molar-refractivity contribution in [2.45, 2.75) is 32.1 Å². The lowest BCUT2D eigenvalue weighted by molar-refractivity contribution is 0.112. The molecule has 2 aliphatic rings. The Morgan fingerprint density at radius 2 is 1.57 bits per heavy atom. The van der Waals surface area contributed by atoms with Gasteiger partial charge in [0.15, 0.2) is 0 Å². The Hall–Kier alpha value is -3.39. The number of fused-ring (bicyclic) bond motifs is 3. The standard InChI is InChI=1S/C28H25NO/c1-28(2)26-17-20(19-30)13-15-24(26)25-16-14-23(18-27(25)28)29(21-9-5-3-6-10-21)22-11-7-4-8-12-22/h3,5-7,9-19H,4,8H2,1-2H3. The average Bonchev–Trinajstić information content (AvgIpc) is 3.02. The summed E-state index contributed by atoms with van der Waals surface area (Å²) in [6, 6.07) is 23.4. The summed E-state index contributed by atoms with van der Waals surface area (Å²) in [6.45, 7) is 4.51.